The van der Waals surface area contributed by atoms with E-state index in [1.807, 2.05) is 0 Å². The van der Waals surface area contributed by atoms with E-state index in [1.54, 1.807) is 7.11 Å². The van der Waals surface area contributed by atoms with Gasteiger partial charge in [-0.05, 0) is 31.1 Å². The van der Waals surface area contributed by atoms with Crippen molar-refractivity contribution in [3.05, 3.63) is 0 Å². The van der Waals surface area contributed by atoms with Crippen LogP contribution < -0.4 is 5.32 Å². The molecule has 4 nitrogen and oxygen atoms in total. The molecule has 0 radical (unpaired) electrons. The lowest BCUT2D eigenvalue weighted by atomic mass is 9.86. The maximum atomic E-state index is 11.6. The summed E-state index contributed by atoms with van der Waals surface area (Å²) < 4.78 is 4.99. The molecule has 1 aliphatic carbocycles. The Morgan fingerprint density at radius 1 is 1.44 bits per heavy atom. The summed E-state index contributed by atoms with van der Waals surface area (Å²) in [5, 5.41) is 12.7. The Morgan fingerprint density at radius 3 is 2.72 bits per heavy atom. The lowest BCUT2D eigenvalue weighted by Gasteiger charge is -2.29. The third-order valence-corrected chi connectivity index (χ3v) is 4.24. The molecule has 0 bridgehead atoms. The first-order valence-corrected chi connectivity index (χ1v) is 6.99. The van der Waals surface area contributed by atoms with E-state index >= 15 is 0 Å². The summed E-state index contributed by atoms with van der Waals surface area (Å²) in [6.45, 7) is 5.63. The van der Waals surface area contributed by atoms with Crippen LogP contribution in [0.5, 0.6) is 0 Å². The minimum atomic E-state index is -0.734. The van der Waals surface area contributed by atoms with Crippen molar-refractivity contribution < 1.29 is 14.6 Å². The standard InChI is InChI=1S/C14H27NO3/c1-11(2)12-5-4-7-14(8-6-12,13(16)17)15-9-10-18-3/h11-12,15H,4-10H2,1-3H3,(H,16,17). The monoisotopic (exact) mass is 257 g/mol. The molecule has 4 heteroatoms. The van der Waals surface area contributed by atoms with E-state index < -0.39 is 11.5 Å². The highest BCUT2D eigenvalue weighted by atomic mass is 16.5. The zero-order valence-corrected chi connectivity index (χ0v) is 11.9. The van der Waals surface area contributed by atoms with Crippen molar-refractivity contribution in [2.45, 2.75) is 51.5 Å². The number of nitrogens with one attached hydrogen (secondary N) is 1. The number of ether oxygens (including phenoxy) is 1. The summed E-state index contributed by atoms with van der Waals surface area (Å²) in [6, 6.07) is 0. The second kappa shape index (κ2) is 7.10. The molecule has 2 N–H and O–H groups in total. The summed E-state index contributed by atoms with van der Waals surface area (Å²) in [5.41, 5.74) is -0.734. The first-order valence-electron chi connectivity index (χ1n) is 6.99. The van der Waals surface area contributed by atoms with Crippen molar-refractivity contribution in [2.75, 3.05) is 20.3 Å². The zero-order chi connectivity index (χ0) is 13.6. The van der Waals surface area contributed by atoms with Gasteiger partial charge in [0.05, 0.1) is 6.61 Å². The average molecular weight is 257 g/mol. The van der Waals surface area contributed by atoms with Crippen LogP contribution in [0.25, 0.3) is 0 Å². The Bertz CT molecular complexity index is 268. The maximum absolute atomic E-state index is 11.6. The van der Waals surface area contributed by atoms with Crippen LogP contribution in [-0.4, -0.2) is 36.9 Å². The molecule has 0 heterocycles. The van der Waals surface area contributed by atoms with Crippen molar-refractivity contribution >= 4 is 5.97 Å². The van der Waals surface area contributed by atoms with Crippen LogP contribution >= 0.6 is 0 Å². The summed E-state index contributed by atoms with van der Waals surface area (Å²) in [7, 11) is 1.64. The quantitative estimate of drug-likeness (QED) is 0.566. The predicted octanol–water partition coefficient (Wildman–Crippen LogP) is 2.28. The Labute approximate surface area is 110 Å². The molecule has 0 saturated heterocycles. The smallest absolute Gasteiger partial charge is 0.323 e. The van der Waals surface area contributed by atoms with Gasteiger partial charge in [-0.2, -0.15) is 0 Å². The third-order valence-electron chi connectivity index (χ3n) is 4.24. The molecule has 1 saturated carbocycles. The van der Waals surface area contributed by atoms with Crippen molar-refractivity contribution in [3.8, 4) is 0 Å². The molecular formula is C14H27NO3. The third kappa shape index (κ3) is 3.95. The maximum Gasteiger partial charge on any atom is 0.323 e. The summed E-state index contributed by atoms with van der Waals surface area (Å²) in [5.74, 6) is 0.604. The Morgan fingerprint density at radius 2 is 2.17 bits per heavy atom. The molecule has 0 spiro atoms. The van der Waals surface area contributed by atoms with Gasteiger partial charge in [-0.25, -0.2) is 0 Å². The molecule has 0 amide bonds. The van der Waals surface area contributed by atoms with E-state index in [1.165, 1.54) is 0 Å². The number of methoxy groups -OCH3 is 1. The number of aliphatic carboxylic acids is 1. The largest absolute Gasteiger partial charge is 0.480 e. The number of hydrogen-bond acceptors (Lipinski definition) is 3. The van der Waals surface area contributed by atoms with E-state index in [0.717, 1.165) is 32.1 Å². The highest BCUT2D eigenvalue weighted by molar-refractivity contribution is 5.78. The molecule has 1 aliphatic rings. The van der Waals surface area contributed by atoms with Gasteiger partial charge in [0.2, 0.25) is 0 Å². The lowest BCUT2D eigenvalue weighted by molar-refractivity contribution is -0.145. The van der Waals surface area contributed by atoms with Crippen LogP contribution in [-0.2, 0) is 9.53 Å². The summed E-state index contributed by atoms with van der Waals surface area (Å²) in [6.07, 6.45) is 4.61. The van der Waals surface area contributed by atoms with Gasteiger partial charge in [0, 0.05) is 13.7 Å². The SMILES string of the molecule is COCCNC1(C(=O)O)CCCC(C(C)C)CC1. The van der Waals surface area contributed by atoms with Crippen molar-refractivity contribution in [1.29, 1.82) is 0 Å². The molecule has 106 valence electrons. The van der Waals surface area contributed by atoms with Crippen LogP contribution in [0.3, 0.4) is 0 Å². The first kappa shape index (κ1) is 15.4. The van der Waals surface area contributed by atoms with Crippen molar-refractivity contribution in [2.24, 2.45) is 11.8 Å². The number of carboxylic acid groups (broad SMARTS) is 1. The molecule has 1 fully saturated rings. The number of carbonyl (C=O) groups is 1. The minimum Gasteiger partial charge on any atom is -0.480 e. The molecule has 0 aromatic rings. The highest BCUT2D eigenvalue weighted by Crippen LogP contribution is 2.34. The Kier molecular flexibility index (Phi) is 6.09. The summed E-state index contributed by atoms with van der Waals surface area (Å²) >= 11 is 0. The fourth-order valence-corrected chi connectivity index (χ4v) is 2.89. The van der Waals surface area contributed by atoms with E-state index in [9.17, 15) is 9.90 Å². The average Bonchev–Trinajstić information content (AvgIpc) is 2.53. The van der Waals surface area contributed by atoms with Gasteiger partial charge in [0.15, 0.2) is 0 Å². The van der Waals surface area contributed by atoms with E-state index in [0.29, 0.717) is 25.0 Å². The number of hydrogen-bond donors (Lipinski definition) is 2. The second-order valence-electron chi connectivity index (χ2n) is 5.74. The van der Waals surface area contributed by atoms with Gasteiger partial charge in [0.1, 0.15) is 5.54 Å². The molecular weight excluding hydrogens is 230 g/mol. The van der Waals surface area contributed by atoms with Gasteiger partial charge < -0.3 is 9.84 Å². The van der Waals surface area contributed by atoms with E-state index in [-0.39, 0.29) is 0 Å². The Hall–Kier alpha value is -0.610. The predicted molar refractivity (Wildman–Crippen MR) is 71.7 cm³/mol. The molecule has 1 rings (SSSR count). The van der Waals surface area contributed by atoms with Gasteiger partial charge in [-0.1, -0.05) is 26.7 Å². The van der Waals surface area contributed by atoms with Crippen LogP contribution in [0.1, 0.15) is 46.0 Å². The normalized spacial score (nSPS) is 29.2. The molecule has 0 aliphatic heterocycles. The van der Waals surface area contributed by atoms with Gasteiger partial charge in [0.25, 0.3) is 0 Å². The fourth-order valence-electron chi connectivity index (χ4n) is 2.89. The second-order valence-corrected chi connectivity index (χ2v) is 5.74. The molecule has 2 unspecified atom stereocenters. The van der Waals surface area contributed by atoms with E-state index in [4.69, 9.17) is 4.74 Å². The first-order chi connectivity index (χ1) is 8.52. The highest BCUT2D eigenvalue weighted by Gasteiger charge is 2.39. The minimum absolute atomic E-state index is 0.558. The molecule has 2 atom stereocenters. The molecule has 0 aromatic heterocycles. The van der Waals surface area contributed by atoms with Gasteiger partial charge in [-0.3, -0.25) is 10.1 Å². The Balaban J connectivity index is 2.64. The van der Waals surface area contributed by atoms with Gasteiger partial charge >= 0.3 is 5.97 Å². The molecule has 0 aromatic carbocycles. The van der Waals surface area contributed by atoms with E-state index in [2.05, 4.69) is 19.2 Å². The van der Waals surface area contributed by atoms with Crippen LogP contribution in [0.4, 0.5) is 0 Å². The number of carboxylic acids is 1. The fraction of sp³-hybridized carbons (Fsp3) is 0.929. The van der Waals surface area contributed by atoms with Crippen LogP contribution in [0, 0.1) is 11.8 Å². The zero-order valence-electron chi connectivity index (χ0n) is 11.9. The van der Waals surface area contributed by atoms with Gasteiger partial charge in [-0.15, -0.1) is 0 Å². The topological polar surface area (TPSA) is 58.6 Å². The number of rotatable bonds is 6. The van der Waals surface area contributed by atoms with Crippen LogP contribution in [0.2, 0.25) is 0 Å². The van der Waals surface area contributed by atoms with Crippen LogP contribution in [0.15, 0.2) is 0 Å². The summed E-state index contributed by atoms with van der Waals surface area (Å²) in [4.78, 5) is 11.6. The van der Waals surface area contributed by atoms with Crippen molar-refractivity contribution in [1.82, 2.24) is 5.32 Å². The lowest BCUT2D eigenvalue weighted by Crippen LogP contribution is -2.52. The molecule has 18 heavy (non-hydrogen) atoms. The van der Waals surface area contributed by atoms with Crippen molar-refractivity contribution in [3.63, 3.8) is 0 Å².